The van der Waals surface area contributed by atoms with Gasteiger partial charge in [0.25, 0.3) is 5.91 Å². The lowest BCUT2D eigenvalue weighted by atomic mass is 9.94. The normalized spacial score (nSPS) is 18.8. The Balaban J connectivity index is 1.89. The summed E-state index contributed by atoms with van der Waals surface area (Å²) in [6.07, 6.45) is 6.21. The van der Waals surface area contributed by atoms with Gasteiger partial charge in [-0.25, -0.2) is 4.39 Å². The molecule has 21 heavy (non-hydrogen) atoms. The zero-order valence-corrected chi connectivity index (χ0v) is 12.0. The number of benzene rings is 1. The molecule has 1 fully saturated rings. The van der Waals surface area contributed by atoms with Gasteiger partial charge in [-0.3, -0.25) is 9.48 Å². The zero-order chi connectivity index (χ0) is 14.8. The Labute approximate surface area is 123 Å². The topological polar surface area (TPSA) is 38.1 Å². The molecule has 1 saturated heterocycles. The quantitative estimate of drug-likeness (QED) is 0.851. The van der Waals surface area contributed by atoms with Gasteiger partial charge in [0.05, 0.1) is 17.8 Å². The van der Waals surface area contributed by atoms with E-state index in [4.69, 9.17) is 0 Å². The van der Waals surface area contributed by atoms with Crippen LogP contribution in [0.25, 0.3) is 0 Å². The summed E-state index contributed by atoms with van der Waals surface area (Å²) in [5.74, 6) is -0.288. The summed E-state index contributed by atoms with van der Waals surface area (Å²) in [7, 11) is 1.79. The lowest BCUT2D eigenvalue weighted by Crippen LogP contribution is -2.38. The van der Waals surface area contributed by atoms with Crippen molar-refractivity contribution >= 4 is 5.91 Å². The molecule has 1 aromatic heterocycles. The number of likely N-dealkylation sites (tertiary alicyclic amines) is 1. The minimum Gasteiger partial charge on any atom is -0.332 e. The van der Waals surface area contributed by atoms with Crippen LogP contribution in [0.15, 0.2) is 36.7 Å². The van der Waals surface area contributed by atoms with E-state index in [0.717, 1.165) is 24.8 Å². The Hall–Kier alpha value is -2.17. The van der Waals surface area contributed by atoms with E-state index in [9.17, 15) is 9.18 Å². The second-order valence-electron chi connectivity index (χ2n) is 5.47. The first-order valence-corrected chi connectivity index (χ1v) is 7.20. The lowest BCUT2D eigenvalue weighted by molar-refractivity contribution is 0.0611. The van der Waals surface area contributed by atoms with Gasteiger partial charge in [-0.1, -0.05) is 12.1 Å². The molecule has 2 aromatic rings. The predicted molar refractivity (Wildman–Crippen MR) is 77.2 cm³/mol. The summed E-state index contributed by atoms with van der Waals surface area (Å²) >= 11 is 0. The second kappa shape index (κ2) is 5.68. The first-order chi connectivity index (χ1) is 10.1. The highest BCUT2D eigenvalue weighted by atomic mass is 19.1. The van der Waals surface area contributed by atoms with Gasteiger partial charge in [0.1, 0.15) is 5.82 Å². The van der Waals surface area contributed by atoms with Crippen LogP contribution in [0.3, 0.4) is 0 Å². The van der Waals surface area contributed by atoms with Crippen molar-refractivity contribution in [2.75, 3.05) is 6.54 Å². The molecule has 2 heterocycles. The number of carbonyl (C=O) groups is 1. The van der Waals surface area contributed by atoms with Crippen molar-refractivity contribution in [3.8, 4) is 0 Å². The molecular weight excluding hydrogens is 269 g/mol. The number of rotatable bonds is 2. The number of hydrogen-bond acceptors (Lipinski definition) is 2. The summed E-state index contributed by atoms with van der Waals surface area (Å²) in [6.45, 7) is 0.703. The largest absolute Gasteiger partial charge is 0.332 e. The third-order valence-electron chi connectivity index (χ3n) is 3.95. The molecule has 5 heteroatoms. The van der Waals surface area contributed by atoms with E-state index in [1.165, 1.54) is 12.1 Å². The average Bonchev–Trinajstić information content (AvgIpc) is 2.93. The lowest BCUT2D eigenvalue weighted by Gasteiger charge is -2.36. The van der Waals surface area contributed by atoms with E-state index in [-0.39, 0.29) is 17.8 Å². The minimum absolute atomic E-state index is 0.0305. The zero-order valence-electron chi connectivity index (χ0n) is 12.0. The highest BCUT2D eigenvalue weighted by Crippen LogP contribution is 2.32. The monoisotopic (exact) mass is 287 g/mol. The summed E-state index contributed by atoms with van der Waals surface area (Å²) in [5.41, 5.74) is 1.45. The second-order valence-corrected chi connectivity index (χ2v) is 5.47. The summed E-state index contributed by atoms with van der Waals surface area (Å²) in [5, 5.41) is 4.05. The number of aromatic nitrogens is 2. The molecule has 0 spiro atoms. The first-order valence-electron chi connectivity index (χ1n) is 7.20. The molecule has 0 unspecified atom stereocenters. The van der Waals surface area contributed by atoms with E-state index in [0.29, 0.717) is 12.1 Å². The summed E-state index contributed by atoms with van der Waals surface area (Å²) in [4.78, 5) is 14.5. The van der Waals surface area contributed by atoms with Crippen LogP contribution in [0.1, 0.15) is 41.2 Å². The van der Waals surface area contributed by atoms with Crippen LogP contribution >= 0.6 is 0 Å². The van der Waals surface area contributed by atoms with Gasteiger partial charge >= 0.3 is 0 Å². The molecule has 4 nitrogen and oxygen atoms in total. The number of aryl methyl sites for hydroxylation is 1. The fraction of sp³-hybridized carbons (Fsp3) is 0.375. The van der Waals surface area contributed by atoms with Gasteiger partial charge in [-0.05, 0) is 37.0 Å². The predicted octanol–water partition coefficient (Wildman–Crippen LogP) is 2.93. The van der Waals surface area contributed by atoms with Gasteiger partial charge in [-0.2, -0.15) is 5.10 Å². The van der Waals surface area contributed by atoms with Crippen LogP contribution in [0, 0.1) is 5.82 Å². The van der Waals surface area contributed by atoms with Crippen LogP contribution in [0.4, 0.5) is 4.39 Å². The van der Waals surface area contributed by atoms with Gasteiger partial charge in [0, 0.05) is 19.8 Å². The molecule has 3 rings (SSSR count). The van der Waals surface area contributed by atoms with Crippen molar-refractivity contribution in [2.45, 2.75) is 25.3 Å². The fourth-order valence-electron chi connectivity index (χ4n) is 2.93. The number of amides is 1. The van der Waals surface area contributed by atoms with Crippen LogP contribution in [-0.4, -0.2) is 27.1 Å². The van der Waals surface area contributed by atoms with Crippen LogP contribution < -0.4 is 0 Å². The maximum absolute atomic E-state index is 13.5. The van der Waals surface area contributed by atoms with Gasteiger partial charge in [0.2, 0.25) is 0 Å². The van der Waals surface area contributed by atoms with Crippen molar-refractivity contribution in [3.63, 3.8) is 0 Å². The Bertz CT molecular complexity index is 652. The highest BCUT2D eigenvalue weighted by molar-refractivity contribution is 5.94. The molecule has 1 atom stereocenters. The molecule has 0 saturated carbocycles. The molecule has 0 N–H and O–H groups in total. The Morgan fingerprint density at radius 2 is 2.24 bits per heavy atom. The number of nitrogens with zero attached hydrogens (tertiary/aromatic N) is 3. The van der Waals surface area contributed by atoms with E-state index in [1.54, 1.807) is 30.2 Å². The molecule has 1 aliphatic heterocycles. The van der Waals surface area contributed by atoms with E-state index in [1.807, 2.05) is 11.0 Å². The van der Waals surface area contributed by atoms with Crippen LogP contribution in [0.5, 0.6) is 0 Å². The smallest absolute Gasteiger partial charge is 0.257 e. The number of carbonyl (C=O) groups excluding carboxylic acids is 1. The van der Waals surface area contributed by atoms with E-state index < -0.39 is 0 Å². The van der Waals surface area contributed by atoms with Gasteiger partial charge < -0.3 is 4.90 Å². The van der Waals surface area contributed by atoms with E-state index in [2.05, 4.69) is 5.10 Å². The first kappa shape index (κ1) is 13.8. The average molecular weight is 287 g/mol. The maximum atomic E-state index is 13.5. The third kappa shape index (κ3) is 2.82. The summed E-state index contributed by atoms with van der Waals surface area (Å²) in [6, 6.07) is 6.50. The molecule has 1 aliphatic rings. The van der Waals surface area contributed by atoms with Crippen LogP contribution in [0.2, 0.25) is 0 Å². The van der Waals surface area contributed by atoms with Gasteiger partial charge in [0.15, 0.2) is 0 Å². The Morgan fingerprint density at radius 3 is 2.95 bits per heavy atom. The van der Waals surface area contributed by atoms with Gasteiger partial charge in [-0.15, -0.1) is 0 Å². The van der Waals surface area contributed by atoms with Crippen molar-refractivity contribution in [2.24, 2.45) is 7.05 Å². The minimum atomic E-state index is -0.258. The SMILES string of the molecule is Cn1cc(C(=O)N2CCCC[C@@H]2c2cccc(F)c2)cn1. The number of hydrogen-bond donors (Lipinski definition) is 0. The van der Waals surface area contributed by atoms with Crippen molar-refractivity contribution in [3.05, 3.63) is 53.6 Å². The standard InChI is InChI=1S/C16H18FN3O/c1-19-11-13(10-18-19)16(21)20-8-3-2-7-15(20)12-5-4-6-14(17)9-12/h4-6,9-11,15H,2-3,7-8H2,1H3/t15-/m1/s1. The highest BCUT2D eigenvalue weighted by Gasteiger charge is 2.29. The summed E-state index contributed by atoms with van der Waals surface area (Å²) < 4.78 is 15.1. The van der Waals surface area contributed by atoms with E-state index >= 15 is 0 Å². The molecule has 110 valence electrons. The maximum Gasteiger partial charge on any atom is 0.257 e. The van der Waals surface area contributed by atoms with Crippen LogP contribution in [-0.2, 0) is 7.05 Å². The van der Waals surface area contributed by atoms with Crippen molar-refractivity contribution in [1.82, 2.24) is 14.7 Å². The van der Waals surface area contributed by atoms with Crippen molar-refractivity contribution < 1.29 is 9.18 Å². The Morgan fingerprint density at radius 1 is 1.38 bits per heavy atom. The third-order valence-corrected chi connectivity index (χ3v) is 3.95. The molecule has 1 amide bonds. The Kier molecular flexibility index (Phi) is 3.73. The number of piperidine rings is 1. The molecule has 0 bridgehead atoms. The fourth-order valence-corrected chi connectivity index (χ4v) is 2.93. The number of halogens is 1. The molecule has 1 aromatic carbocycles. The van der Waals surface area contributed by atoms with Crippen molar-refractivity contribution in [1.29, 1.82) is 0 Å². The molecule has 0 aliphatic carbocycles. The molecule has 0 radical (unpaired) electrons. The molecular formula is C16H18FN3O.